The third-order valence-corrected chi connectivity index (χ3v) is 2.97. The molecule has 2 atom stereocenters. The van der Waals surface area contributed by atoms with Crippen molar-refractivity contribution in [3.63, 3.8) is 0 Å². The fraction of sp³-hybridized carbons (Fsp3) is 0.917. The van der Waals surface area contributed by atoms with E-state index in [1.165, 1.54) is 0 Å². The molecule has 0 amide bonds. The Morgan fingerprint density at radius 3 is 2.87 bits per heavy atom. The van der Waals surface area contributed by atoms with E-state index in [4.69, 9.17) is 10.00 Å². The molecule has 1 fully saturated rings. The van der Waals surface area contributed by atoms with Crippen molar-refractivity contribution in [1.29, 1.82) is 5.26 Å². The number of ether oxygens (including phenoxy) is 1. The van der Waals surface area contributed by atoms with Crippen LogP contribution in [-0.2, 0) is 4.74 Å². The van der Waals surface area contributed by atoms with Crippen molar-refractivity contribution in [2.24, 2.45) is 5.41 Å². The second-order valence-corrected chi connectivity index (χ2v) is 5.10. The Hall–Kier alpha value is -0.590. The number of nitrogens with zero attached hydrogens (tertiary/aromatic N) is 1. The molecule has 1 aliphatic heterocycles. The van der Waals surface area contributed by atoms with Gasteiger partial charge in [-0.2, -0.15) is 5.26 Å². The topological polar surface area (TPSA) is 45.0 Å². The van der Waals surface area contributed by atoms with E-state index in [-0.39, 0.29) is 5.41 Å². The average molecular weight is 210 g/mol. The van der Waals surface area contributed by atoms with Gasteiger partial charge in [-0.3, -0.25) is 0 Å². The molecular weight excluding hydrogens is 188 g/mol. The molecule has 0 spiro atoms. The van der Waals surface area contributed by atoms with Gasteiger partial charge >= 0.3 is 0 Å². The standard InChI is InChI=1S/C12H22N2O/c1-10-8-11(4-7-15-10)14-6-5-12(2,3)9-13/h10-11,14H,4-8H2,1-3H3. The maximum Gasteiger partial charge on any atom is 0.0684 e. The minimum atomic E-state index is -0.205. The molecule has 0 radical (unpaired) electrons. The predicted octanol–water partition coefficient (Wildman–Crippen LogP) is 2.08. The van der Waals surface area contributed by atoms with Crippen LogP contribution in [0.1, 0.15) is 40.0 Å². The van der Waals surface area contributed by atoms with Gasteiger partial charge in [0.1, 0.15) is 0 Å². The van der Waals surface area contributed by atoms with Crippen LogP contribution in [0.5, 0.6) is 0 Å². The van der Waals surface area contributed by atoms with Gasteiger partial charge in [-0.15, -0.1) is 0 Å². The van der Waals surface area contributed by atoms with Crippen LogP contribution in [-0.4, -0.2) is 25.3 Å². The maximum atomic E-state index is 8.88. The fourth-order valence-corrected chi connectivity index (χ4v) is 1.83. The molecule has 0 aliphatic carbocycles. The highest BCUT2D eigenvalue weighted by molar-refractivity contribution is 4.92. The van der Waals surface area contributed by atoms with E-state index in [0.29, 0.717) is 12.1 Å². The number of hydrogen-bond donors (Lipinski definition) is 1. The number of rotatable bonds is 4. The molecule has 1 N–H and O–H groups in total. The lowest BCUT2D eigenvalue weighted by Crippen LogP contribution is -2.39. The van der Waals surface area contributed by atoms with Gasteiger partial charge in [0.2, 0.25) is 0 Å². The van der Waals surface area contributed by atoms with Crippen LogP contribution in [0.3, 0.4) is 0 Å². The first-order valence-electron chi connectivity index (χ1n) is 5.80. The molecule has 0 saturated carbocycles. The highest BCUT2D eigenvalue weighted by Gasteiger charge is 2.20. The summed E-state index contributed by atoms with van der Waals surface area (Å²) in [5.74, 6) is 0. The molecule has 86 valence electrons. The zero-order valence-corrected chi connectivity index (χ0v) is 10.0. The van der Waals surface area contributed by atoms with Crippen molar-refractivity contribution < 1.29 is 4.74 Å². The Balaban J connectivity index is 2.18. The van der Waals surface area contributed by atoms with Crippen LogP contribution in [0.4, 0.5) is 0 Å². The van der Waals surface area contributed by atoms with Gasteiger partial charge in [0.25, 0.3) is 0 Å². The normalized spacial score (nSPS) is 27.3. The summed E-state index contributed by atoms with van der Waals surface area (Å²) in [6, 6.07) is 2.90. The van der Waals surface area contributed by atoms with E-state index in [0.717, 1.165) is 32.4 Å². The molecule has 0 bridgehead atoms. The number of hydrogen-bond acceptors (Lipinski definition) is 3. The van der Waals surface area contributed by atoms with Crippen LogP contribution in [0, 0.1) is 16.7 Å². The number of nitriles is 1. The predicted molar refractivity (Wildman–Crippen MR) is 60.4 cm³/mol. The fourth-order valence-electron chi connectivity index (χ4n) is 1.83. The third-order valence-electron chi connectivity index (χ3n) is 2.97. The molecule has 3 heteroatoms. The van der Waals surface area contributed by atoms with Gasteiger partial charge in [0.05, 0.1) is 17.6 Å². The summed E-state index contributed by atoms with van der Waals surface area (Å²) < 4.78 is 5.48. The summed E-state index contributed by atoms with van der Waals surface area (Å²) in [7, 11) is 0. The van der Waals surface area contributed by atoms with Gasteiger partial charge in [0.15, 0.2) is 0 Å². The second kappa shape index (κ2) is 5.48. The Morgan fingerprint density at radius 2 is 2.27 bits per heavy atom. The molecule has 1 aliphatic rings. The van der Waals surface area contributed by atoms with Crippen molar-refractivity contribution in [1.82, 2.24) is 5.32 Å². The van der Waals surface area contributed by atoms with E-state index in [1.807, 2.05) is 13.8 Å². The lowest BCUT2D eigenvalue weighted by molar-refractivity contribution is 0.0131. The molecule has 2 unspecified atom stereocenters. The van der Waals surface area contributed by atoms with Gasteiger partial charge in [0, 0.05) is 12.6 Å². The lowest BCUT2D eigenvalue weighted by atomic mass is 9.91. The van der Waals surface area contributed by atoms with E-state index < -0.39 is 0 Å². The average Bonchev–Trinajstić information content (AvgIpc) is 2.18. The summed E-state index contributed by atoms with van der Waals surface area (Å²) in [6.45, 7) is 7.88. The zero-order valence-electron chi connectivity index (χ0n) is 10.0. The van der Waals surface area contributed by atoms with E-state index in [1.54, 1.807) is 0 Å². The molecule has 0 aromatic rings. The molecule has 0 aromatic heterocycles. The van der Waals surface area contributed by atoms with Crippen LogP contribution < -0.4 is 5.32 Å². The molecule has 1 heterocycles. The molecule has 1 saturated heterocycles. The summed E-state index contributed by atoms with van der Waals surface area (Å²) in [6.07, 6.45) is 3.47. The molecule has 1 rings (SSSR count). The van der Waals surface area contributed by atoms with Gasteiger partial charge < -0.3 is 10.1 Å². The first-order valence-corrected chi connectivity index (χ1v) is 5.80. The van der Waals surface area contributed by atoms with Crippen molar-refractivity contribution in [2.45, 2.75) is 52.2 Å². The third kappa shape index (κ3) is 4.63. The Labute approximate surface area is 92.8 Å². The first-order chi connectivity index (χ1) is 7.03. The highest BCUT2D eigenvalue weighted by Crippen LogP contribution is 2.18. The minimum absolute atomic E-state index is 0.205. The van der Waals surface area contributed by atoms with Crippen molar-refractivity contribution in [3.8, 4) is 6.07 Å². The quantitative estimate of drug-likeness (QED) is 0.772. The van der Waals surface area contributed by atoms with Gasteiger partial charge in [-0.1, -0.05) is 0 Å². The molecule has 15 heavy (non-hydrogen) atoms. The van der Waals surface area contributed by atoms with E-state index in [9.17, 15) is 0 Å². The van der Waals surface area contributed by atoms with Crippen LogP contribution in [0.15, 0.2) is 0 Å². The second-order valence-electron chi connectivity index (χ2n) is 5.10. The molecule has 3 nitrogen and oxygen atoms in total. The Bertz CT molecular complexity index is 232. The Morgan fingerprint density at radius 1 is 1.53 bits per heavy atom. The summed E-state index contributed by atoms with van der Waals surface area (Å²) in [5.41, 5.74) is -0.205. The maximum absolute atomic E-state index is 8.88. The van der Waals surface area contributed by atoms with Gasteiger partial charge in [-0.25, -0.2) is 0 Å². The SMILES string of the molecule is CC1CC(NCCC(C)(C)C#N)CCO1. The van der Waals surface area contributed by atoms with Crippen molar-refractivity contribution in [3.05, 3.63) is 0 Å². The summed E-state index contributed by atoms with van der Waals surface area (Å²) in [4.78, 5) is 0. The van der Waals surface area contributed by atoms with Crippen LogP contribution in [0.25, 0.3) is 0 Å². The van der Waals surface area contributed by atoms with Crippen LogP contribution >= 0.6 is 0 Å². The zero-order chi connectivity index (χ0) is 11.3. The van der Waals surface area contributed by atoms with Crippen molar-refractivity contribution >= 4 is 0 Å². The van der Waals surface area contributed by atoms with Crippen LogP contribution in [0.2, 0.25) is 0 Å². The molecular formula is C12H22N2O. The van der Waals surface area contributed by atoms with Crippen molar-refractivity contribution in [2.75, 3.05) is 13.2 Å². The van der Waals surface area contributed by atoms with Gasteiger partial charge in [-0.05, 0) is 46.6 Å². The van der Waals surface area contributed by atoms with E-state index in [2.05, 4.69) is 18.3 Å². The Kier molecular flexibility index (Phi) is 4.56. The first kappa shape index (κ1) is 12.5. The summed E-state index contributed by atoms with van der Waals surface area (Å²) in [5, 5.41) is 12.4. The molecule has 0 aromatic carbocycles. The monoisotopic (exact) mass is 210 g/mol. The smallest absolute Gasteiger partial charge is 0.0684 e. The summed E-state index contributed by atoms with van der Waals surface area (Å²) >= 11 is 0. The number of nitrogens with one attached hydrogen (secondary N) is 1. The lowest BCUT2D eigenvalue weighted by Gasteiger charge is -2.28. The minimum Gasteiger partial charge on any atom is -0.378 e. The highest BCUT2D eigenvalue weighted by atomic mass is 16.5. The largest absolute Gasteiger partial charge is 0.378 e. The van der Waals surface area contributed by atoms with E-state index >= 15 is 0 Å².